The molecule has 0 spiro atoms. The van der Waals surface area contributed by atoms with Crippen molar-refractivity contribution < 1.29 is 14.6 Å². The number of carbonyl (C=O) groups excluding carboxylic acids is 1. The molecule has 0 bridgehead atoms. The van der Waals surface area contributed by atoms with Gasteiger partial charge in [0.15, 0.2) is 0 Å². The molecule has 1 saturated heterocycles. The maximum absolute atomic E-state index is 12.4. The first-order valence-corrected chi connectivity index (χ1v) is 9.21. The second kappa shape index (κ2) is 6.56. The van der Waals surface area contributed by atoms with E-state index in [1.165, 1.54) is 18.4 Å². The van der Waals surface area contributed by atoms with E-state index >= 15 is 0 Å². The Morgan fingerprint density at radius 2 is 2.30 bits per heavy atom. The molecule has 130 valence electrons. The summed E-state index contributed by atoms with van der Waals surface area (Å²) in [4.78, 5) is 12.4. The monoisotopic (exact) mass is 321 g/mol. The number of nitrogens with one attached hydrogen (secondary N) is 1. The van der Waals surface area contributed by atoms with Crippen molar-refractivity contribution in [3.63, 3.8) is 0 Å². The fourth-order valence-electron chi connectivity index (χ4n) is 5.12. The molecule has 1 heterocycles. The van der Waals surface area contributed by atoms with Crippen LogP contribution in [0.4, 0.5) is 0 Å². The van der Waals surface area contributed by atoms with Gasteiger partial charge in [-0.25, -0.2) is 0 Å². The van der Waals surface area contributed by atoms with Gasteiger partial charge < -0.3 is 15.2 Å². The van der Waals surface area contributed by atoms with Gasteiger partial charge in [0.05, 0.1) is 12.5 Å². The minimum absolute atomic E-state index is 0.0480. The van der Waals surface area contributed by atoms with Crippen molar-refractivity contribution in [1.82, 2.24) is 5.32 Å². The number of rotatable bonds is 5. The van der Waals surface area contributed by atoms with Gasteiger partial charge >= 0.3 is 5.97 Å². The van der Waals surface area contributed by atoms with Crippen LogP contribution in [0.5, 0.6) is 0 Å². The lowest BCUT2D eigenvalue weighted by atomic mass is 9.55. The molecule has 3 fully saturated rings. The lowest BCUT2D eigenvalue weighted by molar-refractivity contribution is -0.146. The van der Waals surface area contributed by atoms with Gasteiger partial charge in [-0.3, -0.25) is 4.79 Å². The Hall–Kier alpha value is -0.870. The summed E-state index contributed by atoms with van der Waals surface area (Å²) >= 11 is 0. The number of aliphatic hydroxyl groups is 1. The van der Waals surface area contributed by atoms with Crippen LogP contribution < -0.4 is 5.32 Å². The Bertz CT molecular complexity index is 473. The summed E-state index contributed by atoms with van der Waals surface area (Å²) in [5.74, 6) is 0.724. The summed E-state index contributed by atoms with van der Waals surface area (Å²) in [5, 5.41) is 12.7. The Kier molecular flexibility index (Phi) is 4.84. The Labute approximate surface area is 139 Å². The minimum Gasteiger partial charge on any atom is -0.462 e. The van der Waals surface area contributed by atoms with Crippen molar-refractivity contribution in [3.05, 3.63) is 12.2 Å². The minimum atomic E-state index is -0.0696. The van der Waals surface area contributed by atoms with E-state index in [9.17, 15) is 9.90 Å². The molecule has 0 amide bonds. The number of ether oxygens (including phenoxy) is 1. The number of aliphatic hydroxyl groups excluding tert-OH is 1. The highest BCUT2D eigenvalue weighted by Gasteiger charge is 2.54. The van der Waals surface area contributed by atoms with E-state index in [2.05, 4.69) is 18.8 Å². The van der Waals surface area contributed by atoms with Crippen molar-refractivity contribution >= 4 is 5.97 Å². The topological polar surface area (TPSA) is 58.6 Å². The van der Waals surface area contributed by atoms with Gasteiger partial charge in [0.25, 0.3) is 0 Å². The Morgan fingerprint density at radius 3 is 3.00 bits per heavy atom. The number of allylic oxidation sites excluding steroid dienone is 1. The normalized spacial score (nSPS) is 41.2. The second-order valence-corrected chi connectivity index (χ2v) is 8.10. The third kappa shape index (κ3) is 3.08. The highest BCUT2D eigenvalue weighted by atomic mass is 16.6. The van der Waals surface area contributed by atoms with Crippen molar-refractivity contribution in [1.29, 1.82) is 0 Å². The summed E-state index contributed by atoms with van der Waals surface area (Å²) in [5.41, 5.74) is 1.64. The molecular weight excluding hydrogens is 290 g/mol. The molecule has 0 aromatic rings. The second-order valence-electron chi connectivity index (χ2n) is 8.10. The van der Waals surface area contributed by atoms with Crippen LogP contribution in [0.3, 0.4) is 0 Å². The molecule has 6 atom stereocenters. The SMILES string of the molecule is C=C1CCC[C@]2(C)C[C@H]3OC(=O)[C@H](CN[C@H](CC)CO)[C@H]3C[C@H]12. The third-order valence-corrected chi connectivity index (χ3v) is 6.66. The zero-order chi connectivity index (χ0) is 16.6. The number of carbonyl (C=O) groups is 1. The van der Waals surface area contributed by atoms with Gasteiger partial charge in [-0.1, -0.05) is 26.0 Å². The van der Waals surface area contributed by atoms with Gasteiger partial charge in [0.2, 0.25) is 0 Å². The average Bonchev–Trinajstić information content (AvgIpc) is 2.81. The average molecular weight is 321 g/mol. The van der Waals surface area contributed by atoms with Crippen LogP contribution in [0.15, 0.2) is 12.2 Å². The largest absolute Gasteiger partial charge is 0.462 e. The van der Waals surface area contributed by atoms with Gasteiger partial charge in [0, 0.05) is 18.5 Å². The molecule has 3 aliphatic rings. The predicted octanol–water partition coefficient (Wildman–Crippen LogP) is 2.66. The molecule has 4 heteroatoms. The summed E-state index contributed by atoms with van der Waals surface area (Å²) in [6, 6.07) is 0.0698. The van der Waals surface area contributed by atoms with E-state index in [-0.39, 0.29) is 36.1 Å². The van der Waals surface area contributed by atoms with E-state index in [0.717, 1.165) is 25.7 Å². The molecule has 1 aliphatic heterocycles. The highest BCUT2D eigenvalue weighted by molar-refractivity contribution is 5.75. The van der Waals surface area contributed by atoms with Crippen LogP contribution in [0.2, 0.25) is 0 Å². The fraction of sp³-hybridized carbons (Fsp3) is 0.842. The molecule has 0 unspecified atom stereocenters. The van der Waals surface area contributed by atoms with Crippen LogP contribution in [-0.2, 0) is 9.53 Å². The first-order valence-electron chi connectivity index (χ1n) is 9.21. The number of fused-ring (bicyclic) bond motifs is 2. The number of esters is 1. The van der Waals surface area contributed by atoms with Crippen LogP contribution in [0, 0.1) is 23.2 Å². The van der Waals surface area contributed by atoms with E-state index in [4.69, 9.17) is 4.74 Å². The summed E-state index contributed by atoms with van der Waals surface area (Å²) < 4.78 is 5.76. The summed E-state index contributed by atoms with van der Waals surface area (Å²) in [6.45, 7) is 9.46. The van der Waals surface area contributed by atoms with Gasteiger partial charge in [0.1, 0.15) is 6.10 Å². The maximum atomic E-state index is 12.4. The summed E-state index contributed by atoms with van der Waals surface area (Å²) in [6.07, 6.45) is 6.55. The molecule has 0 aromatic heterocycles. The Balaban J connectivity index is 1.71. The standard InChI is InChI=1S/C19H31NO3/c1-4-13(11-21)20-10-15-14-8-16-12(2)6-5-7-19(16,3)9-17(14)23-18(15)22/h13-17,20-21H,2,4-11H2,1,3H3/t13-,14-,15-,16-,17-,19-/m1/s1. The van der Waals surface area contributed by atoms with Gasteiger partial charge in [-0.2, -0.15) is 0 Å². The predicted molar refractivity (Wildman–Crippen MR) is 89.8 cm³/mol. The van der Waals surface area contributed by atoms with Crippen LogP contribution in [0.25, 0.3) is 0 Å². The fourth-order valence-corrected chi connectivity index (χ4v) is 5.12. The Morgan fingerprint density at radius 1 is 1.52 bits per heavy atom. The van der Waals surface area contributed by atoms with Crippen molar-refractivity contribution in [2.24, 2.45) is 23.2 Å². The first kappa shape index (κ1) is 17.0. The van der Waals surface area contributed by atoms with E-state index in [0.29, 0.717) is 18.4 Å². The smallest absolute Gasteiger partial charge is 0.310 e. The number of hydrogen-bond donors (Lipinski definition) is 2. The maximum Gasteiger partial charge on any atom is 0.310 e. The third-order valence-electron chi connectivity index (χ3n) is 6.66. The zero-order valence-electron chi connectivity index (χ0n) is 14.5. The lowest BCUT2D eigenvalue weighted by Crippen LogP contribution is -2.46. The zero-order valence-corrected chi connectivity index (χ0v) is 14.5. The van der Waals surface area contributed by atoms with Crippen LogP contribution in [0.1, 0.15) is 52.4 Å². The van der Waals surface area contributed by atoms with Gasteiger partial charge in [-0.05, 0) is 49.9 Å². The number of hydrogen-bond acceptors (Lipinski definition) is 4. The van der Waals surface area contributed by atoms with Crippen molar-refractivity contribution in [2.75, 3.05) is 13.2 Å². The first-order chi connectivity index (χ1) is 11.0. The summed E-state index contributed by atoms with van der Waals surface area (Å²) in [7, 11) is 0. The van der Waals surface area contributed by atoms with E-state index < -0.39 is 0 Å². The van der Waals surface area contributed by atoms with Crippen molar-refractivity contribution in [2.45, 2.75) is 64.5 Å². The highest BCUT2D eigenvalue weighted by Crippen LogP contribution is 2.56. The van der Waals surface area contributed by atoms with E-state index in [1.807, 2.05) is 6.92 Å². The molecule has 2 saturated carbocycles. The van der Waals surface area contributed by atoms with E-state index in [1.54, 1.807) is 0 Å². The molecular formula is C19H31NO3. The van der Waals surface area contributed by atoms with Crippen LogP contribution >= 0.6 is 0 Å². The van der Waals surface area contributed by atoms with Gasteiger partial charge in [-0.15, -0.1) is 0 Å². The molecule has 4 nitrogen and oxygen atoms in total. The molecule has 23 heavy (non-hydrogen) atoms. The molecule has 2 N–H and O–H groups in total. The molecule has 3 rings (SSSR count). The quantitative estimate of drug-likeness (QED) is 0.604. The molecule has 0 radical (unpaired) electrons. The van der Waals surface area contributed by atoms with Crippen LogP contribution in [-0.4, -0.2) is 36.4 Å². The molecule has 2 aliphatic carbocycles. The lowest BCUT2D eigenvalue weighted by Gasteiger charge is -2.50. The van der Waals surface area contributed by atoms with Crippen molar-refractivity contribution in [3.8, 4) is 0 Å². The molecule has 0 aromatic carbocycles.